The molecule has 1 saturated heterocycles. The van der Waals surface area contributed by atoms with Gasteiger partial charge in [-0.3, -0.25) is 4.90 Å². The molecule has 1 aliphatic heterocycles. The van der Waals surface area contributed by atoms with Crippen molar-refractivity contribution < 1.29 is 5.11 Å². The number of hydrogen-bond acceptors (Lipinski definition) is 4. The molecule has 3 nitrogen and oxygen atoms in total. The predicted molar refractivity (Wildman–Crippen MR) is 94.4 cm³/mol. The number of likely N-dealkylation sites (tertiary alicyclic amines) is 1. The van der Waals surface area contributed by atoms with Gasteiger partial charge in [-0.1, -0.05) is 43.2 Å². The van der Waals surface area contributed by atoms with Gasteiger partial charge in [0.25, 0.3) is 0 Å². The van der Waals surface area contributed by atoms with Crippen molar-refractivity contribution in [1.82, 2.24) is 9.88 Å². The second-order valence-corrected chi connectivity index (χ2v) is 7.90. The van der Waals surface area contributed by atoms with E-state index in [2.05, 4.69) is 34.5 Å². The van der Waals surface area contributed by atoms with Crippen LogP contribution in [0.5, 0.6) is 0 Å². The molecule has 4 heteroatoms. The van der Waals surface area contributed by atoms with Crippen molar-refractivity contribution >= 4 is 11.3 Å². The topological polar surface area (TPSA) is 36.4 Å². The summed E-state index contributed by atoms with van der Waals surface area (Å²) in [5, 5.41) is 14.1. The summed E-state index contributed by atoms with van der Waals surface area (Å²) < 4.78 is 0. The highest BCUT2D eigenvalue weighted by atomic mass is 32.1. The van der Waals surface area contributed by atoms with Crippen LogP contribution in [0.1, 0.15) is 37.8 Å². The Labute approximate surface area is 142 Å². The van der Waals surface area contributed by atoms with Crippen molar-refractivity contribution in [3.63, 3.8) is 0 Å². The Morgan fingerprint density at radius 2 is 2.09 bits per heavy atom. The number of thiazole rings is 1. The predicted octanol–water partition coefficient (Wildman–Crippen LogP) is 3.94. The summed E-state index contributed by atoms with van der Waals surface area (Å²) in [7, 11) is 0. The number of piperidine rings is 1. The van der Waals surface area contributed by atoms with Gasteiger partial charge in [0, 0.05) is 36.5 Å². The lowest BCUT2D eigenvalue weighted by atomic mass is 9.71. The van der Waals surface area contributed by atoms with E-state index in [1.807, 2.05) is 6.07 Å². The van der Waals surface area contributed by atoms with Gasteiger partial charge in [-0.25, -0.2) is 4.98 Å². The molecule has 0 bridgehead atoms. The van der Waals surface area contributed by atoms with Crippen LogP contribution in [0.3, 0.4) is 0 Å². The van der Waals surface area contributed by atoms with E-state index in [9.17, 15) is 5.11 Å². The van der Waals surface area contributed by atoms with Crippen molar-refractivity contribution in [2.45, 2.75) is 44.2 Å². The minimum atomic E-state index is -0.383. The number of rotatable bonds is 3. The first kappa shape index (κ1) is 15.3. The van der Waals surface area contributed by atoms with Crippen LogP contribution < -0.4 is 0 Å². The van der Waals surface area contributed by atoms with E-state index < -0.39 is 0 Å². The van der Waals surface area contributed by atoms with Gasteiger partial charge < -0.3 is 5.11 Å². The van der Waals surface area contributed by atoms with Crippen molar-refractivity contribution in [2.75, 3.05) is 13.1 Å². The number of nitrogens with zero attached hydrogens (tertiary/aromatic N) is 2. The first-order chi connectivity index (χ1) is 11.2. The zero-order chi connectivity index (χ0) is 15.7. The highest BCUT2D eigenvalue weighted by Gasteiger charge is 2.42. The third kappa shape index (κ3) is 3.21. The average Bonchev–Trinajstić information content (AvgIpc) is 3.04. The smallest absolute Gasteiger partial charge is 0.123 e. The Balaban J connectivity index is 1.42. The molecule has 2 aromatic rings. The second-order valence-electron chi connectivity index (χ2n) is 7.04. The van der Waals surface area contributed by atoms with E-state index >= 15 is 0 Å². The zero-order valence-corrected chi connectivity index (χ0v) is 14.3. The van der Waals surface area contributed by atoms with Crippen LogP contribution in [0.15, 0.2) is 35.7 Å². The van der Waals surface area contributed by atoms with E-state index in [1.54, 1.807) is 11.3 Å². The largest absolute Gasteiger partial charge is 0.390 e. The summed E-state index contributed by atoms with van der Waals surface area (Å²) in [6, 6.07) is 10.4. The Hall–Kier alpha value is -1.23. The summed E-state index contributed by atoms with van der Waals surface area (Å²) in [5.74, 6) is 0.456. The van der Waals surface area contributed by atoms with Crippen molar-refractivity contribution in [3.8, 4) is 10.6 Å². The van der Waals surface area contributed by atoms with Gasteiger partial charge in [0.15, 0.2) is 0 Å². The molecule has 0 amide bonds. The molecule has 2 aliphatic rings. The first-order valence-electron chi connectivity index (χ1n) is 8.67. The molecule has 2 unspecified atom stereocenters. The van der Waals surface area contributed by atoms with Crippen molar-refractivity contribution in [2.24, 2.45) is 5.92 Å². The summed E-state index contributed by atoms with van der Waals surface area (Å²) in [4.78, 5) is 7.29. The molecule has 2 atom stereocenters. The Kier molecular flexibility index (Phi) is 4.22. The molecule has 0 radical (unpaired) electrons. The molecule has 23 heavy (non-hydrogen) atoms. The fourth-order valence-corrected chi connectivity index (χ4v) is 4.92. The molecular formula is C19H24N2OS. The summed E-state index contributed by atoms with van der Waals surface area (Å²) in [6.45, 7) is 2.93. The standard InChI is InChI=1S/C19H24N2OS/c22-19-9-5-4-8-16(19)12-21(11-10-19)13-17-14-23-18(20-17)15-6-2-1-3-7-15/h1-3,6-7,14,16,22H,4-5,8-13H2. The highest BCUT2D eigenvalue weighted by Crippen LogP contribution is 2.40. The van der Waals surface area contributed by atoms with Gasteiger partial charge >= 0.3 is 0 Å². The zero-order valence-electron chi connectivity index (χ0n) is 13.4. The fourth-order valence-electron chi connectivity index (χ4n) is 4.11. The molecule has 122 valence electrons. The fraction of sp³-hybridized carbons (Fsp3) is 0.526. The average molecular weight is 328 g/mol. The summed E-state index contributed by atoms with van der Waals surface area (Å²) in [6.07, 6.45) is 5.57. The molecule has 1 aromatic carbocycles. The third-order valence-corrected chi connectivity index (χ3v) is 6.41. The van der Waals surface area contributed by atoms with E-state index in [-0.39, 0.29) is 5.60 Å². The van der Waals surface area contributed by atoms with E-state index in [0.29, 0.717) is 5.92 Å². The van der Waals surface area contributed by atoms with Gasteiger partial charge in [-0.05, 0) is 19.3 Å². The van der Waals surface area contributed by atoms with Crippen LogP contribution in [-0.4, -0.2) is 33.7 Å². The Morgan fingerprint density at radius 3 is 2.96 bits per heavy atom. The van der Waals surface area contributed by atoms with E-state index in [0.717, 1.165) is 43.2 Å². The number of fused-ring (bicyclic) bond motifs is 1. The molecular weight excluding hydrogens is 304 g/mol. The lowest BCUT2D eigenvalue weighted by molar-refractivity contribution is -0.0969. The first-order valence-corrected chi connectivity index (χ1v) is 9.55. The monoisotopic (exact) mass is 328 g/mol. The molecule has 1 N–H and O–H groups in total. The molecule has 2 heterocycles. The normalized spacial score (nSPS) is 28.5. The minimum Gasteiger partial charge on any atom is -0.390 e. The van der Waals surface area contributed by atoms with Gasteiger partial charge in [0.2, 0.25) is 0 Å². The summed E-state index contributed by atoms with van der Waals surface area (Å²) >= 11 is 1.73. The van der Waals surface area contributed by atoms with Gasteiger partial charge in [0.1, 0.15) is 5.01 Å². The quantitative estimate of drug-likeness (QED) is 0.927. The lowest BCUT2D eigenvalue weighted by Crippen LogP contribution is -2.52. The molecule has 2 fully saturated rings. The molecule has 4 rings (SSSR count). The van der Waals surface area contributed by atoms with Crippen LogP contribution >= 0.6 is 11.3 Å². The van der Waals surface area contributed by atoms with Crippen molar-refractivity contribution in [1.29, 1.82) is 0 Å². The maximum Gasteiger partial charge on any atom is 0.123 e. The number of benzene rings is 1. The van der Waals surface area contributed by atoms with Crippen molar-refractivity contribution in [3.05, 3.63) is 41.4 Å². The maximum atomic E-state index is 10.8. The highest BCUT2D eigenvalue weighted by molar-refractivity contribution is 7.13. The Bertz CT molecular complexity index is 656. The molecule has 1 saturated carbocycles. The van der Waals surface area contributed by atoms with E-state index in [4.69, 9.17) is 4.98 Å². The van der Waals surface area contributed by atoms with Crippen LogP contribution in [-0.2, 0) is 6.54 Å². The van der Waals surface area contributed by atoms with Gasteiger partial charge in [-0.15, -0.1) is 11.3 Å². The van der Waals surface area contributed by atoms with Gasteiger partial charge in [0.05, 0.1) is 11.3 Å². The maximum absolute atomic E-state index is 10.8. The minimum absolute atomic E-state index is 0.383. The van der Waals surface area contributed by atoms with Crippen LogP contribution in [0, 0.1) is 5.92 Å². The van der Waals surface area contributed by atoms with E-state index in [1.165, 1.54) is 24.8 Å². The molecule has 0 spiro atoms. The van der Waals surface area contributed by atoms with Crippen LogP contribution in [0.25, 0.3) is 10.6 Å². The molecule has 1 aliphatic carbocycles. The molecule has 1 aromatic heterocycles. The van der Waals surface area contributed by atoms with Crippen LogP contribution in [0.4, 0.5) is 0 Å². The summed E-state index contributed by atoms with van der Waals surface area (Å²) in [5.41, 5.74) is 1.98. The third-order valence-electron chi connectivity index (χ3n) is 5.47. The Morgan fingerprint density at radius 1 is 1.22 bits per heavy atom. The van der Waals surface area contributed by atoms with Crippen LogP contribution in [0.2, 0.25) is 0 Å². The number of hydrogen-bond donors (Lipinski definition) is 1. The van der Waals surface area contributed by atoms with Gasteiger partial charge in [-0.2, -0.15) is 0 Å². The SMILES string of the molecule is OC12CCCCC1CN(Cc1csc(-c3ccccc3)n1)CC2. The number of aromatic nitrogens is 1. The lowest BCUT2D eigenvalue weighted by Gasteiger charge is -2.47. The number of aliphatic hydroxyl groups is 1. The second kappa shape index (κ2) is 6.34.